The largest absolute Gasteiger partial charge is 0.334 e. The van der Waals surface area contributed by atoms with E-state index in [4.69, 9.17) is 0 Å². The van der Waals surface area contributed by atoms with Crippen LogP contribution in [0.2, 0.25) is 0 Å². The lowest BCUT2D eigenvalue weighted by Gasteiger charge is -2.34. The first-order valence-electron chi connectivity index (χ1n) is 8.48. The number of Topliss-reactive ketones (excluding diaryl/α,β-unsaturated/α-hetero) is 1. The van der Waals surface area contributed by atoms with Gasteiger partial charge >= 0.3 is 17.8 Å². The van der Waals surface area contributed by atoms with Crippen LogP contribution < -0.4 is 0 Å². The van der Waals surface area contributed by atoms with Crippen LogP contribution in [-0.4, -0.2) is 46.0 Å². The molecule has 0 aromatic heterocycles. The molecule has 0 unspecified atom stereocenters. The minimum absolute atomic E-state index is 0.0753. The van der Waals surface area contributed by atoms with Crippen molar-refractivity contribution < 1.29 is 28.0 Å². The minimum atomic E-state index is -1.20. The Labute approximate surface area is 148 Å². The number of hydrogen-bond donors (Lipinski definition) is 0. The number of nitrogens with zero attached hydrogens (tertiary/aromatic N) is 2. The maximum Gasteiger partial charge on any atom is 0.334 e. The van der Waals surface area contributed by atoms with Crippen molar-refractivity contribution in [3.8, 4) is 0 Å². The van der Waals surface area contributed by atoms with Gasteiger partial charge in [0.25, 0.3) is 0 Å². The molecule has 1 saturated carbocycles. The Morgan fingerprint density at radius 2 is 1.77 bits per heavy atom. The van der Waals surface area contributed by atoms with Gasteiger partial charge in [-0.05, 0) is 37.0 Å². The van der Waals surface area contributed by atoms with Gasteiger partial charge in [-0.3, -0.25) is 19.3 Å². The quantitative estimate of drug-likeness (QED) is 0.467. The molecular formula is C18H18F2N2O4. The number of carbonyl (C=O) groups excluding carboxylic acids is 4. The van der Waals surface area contributed by atoms with Crippen LogP contribution in [0.4, 0.5) is 13.6 Å². The SMILES string of the molecule is C[C@@H]1CCCC[C@H]1N1C(=O)C(=O)N(CC(=O)c2ccc(F)c(F)c2)C1=O. The van der Waals surface area contributed by atoms with Gasteiger partial charge in [-0.25, -0.2) is 18.5 Å². The summed E-state index contributed by atoms with van der Waals surface area (Å²) in [5, 5.41) is 0. The highest BCUT2D eigenvalue weighted by molar-refractivity contribution is 6.45. The van der Waals surface area contributed by atoms with Crippen molar-refractivity contribution in [2.75, 3.05) is 6.54 Å². The lowest BCUT2D eigenvalue weighted by molar-refractivity contribution is -0.144. The van der Waals surface area contributed by atoms with Gasteiger partial charge in [0.15, 0.2) is 17.4 Å². The van der Waals surface area contributed by atoms with Gasteiger partial charge in [0, 0.05) is 11.6 Å². The zero-order chi connectivity index (χ0) is 19.0. The van der Waals surface area contributed by atoms with Gasteiger partial charge in [-0.1, -0.05) is 19.8 Å². The second-order valence-corrected chi connectivity index (χ2v) is 6.73. The number of benzene rings is 1. The number of rotatable bonds is 4. The van der Waals surface area contributed by atoms with Crippen LogP contribution in [0, 0.1) is 17.6 Å². The molecule has 8 heteroatoms. The van der Waals surface area contributed by atoms with Crippen molar-refractivity contribution in [3.05, 3.63) is 35.4 Å². The van der Waals surface area contributed by atoms with E-state index in [9.17, 15) is 28.0 Å². The molecule has 3 rings (SSSR count). The molecule has 138 valence electrons. The first kappa shape index (κ1) is 18.2. The van der Waals surface area contributed by atoms with Crippen LogP contribution in [0.5, 0.6) is 0 Å². The van der Waals surface area contributed by atoms with E-state index in [0.29, 0.717) is 17.4 Å². The summed E-state index contributed by atoms with van der Waals surface area (Å²) in [6.45, 7) is 1.23. The molecule has 0 radical (unpaired) electrons. The standard InChI is InChI=1S/C18H18F2N2O4/c1-10-4-2-3-5-14(10)22-17(25)16(24)21(18(22)26)9-15(23)11-6-7-12(19)13(20)8-11/h6-8,10,14H,2-5,9H2,1H3/t10-,14-/m1/s1. The second kappa shape index (κ2) is 6.93. The molecule has 1 heterocycles. The van der Waals surface area contributed by atoms with Crippen LogP contribution in [0.25, 0.3) is 0 Å². The third-order valence-corrected chi connectivity index (χ3v) is 5.03. The van der Waals surface area contributed by atoms with E-state index in [0.717, 1.165) is 36.3 Å². The number of hydrogen-bond acceptors (Lipinski definition) is 4. The predicted molar refractivity (Wildman–Crippen MR) is 86.1 cm³/mol. The van der Waals surface area contributed by atoms with Gasteiger partial charge in [0.05, 0.1) is 6.54 Å². The van der Waals surface area contributed by atoms with E-state index in [-0.39, 0.29) is 17.5 Å². The molecule has 1 aromatic carbocycles. The average Bonchev–Trinajstić information content (AvgIpc) is 2.81. The van der Waals surface area contributed by atoms with E-state index in [1.54, 1.807) is 0 Å². The summed E-state index contributed by atoms with van der Waals surface area (Å²) in [5.41, 5.74) is -0.179. The van der Waals surface area contributed by atoms with Crippen molar-refractivity contribution in [2.45, 2.75) is 38.6 Å². The van der Waals surface area contributed by atoms with Gasteiger partial charge in [0.2, 0.25) is 0 Å². The molecule has 4 amide bonds. The molecule has 6 nitrogen and oxygen atoms in total. The Hall–Kier alpha value is -2.64. The highest BCUT2D eigenvalue weighted by Gasteiger charge is 2.49. The topological polar surface area (TPSA) is 74.8 Å². The first-order chi connectivity index (χ1) is 12.3. The number of halogens is 2. The third-order valence-electron chi connectivity index (χ3n) is 5.03. The van der Waals surface area contributed by atoms with Crippen molar-refractivity contribution in [1.29, 1.82) is 0 Å². The molecule has 2 atom stereocenters. The molecule has 1 aliphatic carbocycles. The third kappa shape index (κ3) is 3.11. The highest BCUT2D eigenvalue weighted by atomic mass is 19.2. The monoisotopic (exact) mass is 364 g/mol. The zero-order valence-corrected chi connectivity index (χ0v) is 14.2. The van der Waals surface area contributed by atoms with E-state index in [1.807, 2.05) is 6.92 Å². The number of imide groups is 2. The van der Waals surface area contributed by atoms with Gasteiger partial charge < -0.3 is 0 Å². The molecule has 2 aliphatic rings. The lowest BCUT2D eigenvalue weighted by atomic mass is 9.85. The summed E-state index contributed by atoms with van der Waals surface area (Å²) in [6, 6.07) is 1.36. The average molecular weight is 364 g/mol. The smallest absolute Gasteiger partial charge is 0.292 e. The van der Waals surface area contributed by atoms with Crippen LogP contribution in [-0.2, 0) is 9.59 Å². The van der Waals surface area contributed by atoms with Crippen LogP contribution in [0.3, 0.4) is 0 Å². The molecule has 1 aromatic rings. The van der Waals surface area contributed by atoms with E-state index in [2.05, 4.69) is 0 Å². The highest BCUT2D eigenvalue weighted by Crippen LogP contribution is 2.31. The van der Waals surface area contributed by atoms with Gasteiger partial charge in [0.1, 0.15) is 0 Å². The summed E-state index contributed by atoms with van der Waals surface area (Å²) >= 11 is 0. The molecule has 1 aliphatic heterocycles. The fraction of sp³-hybridized carbons (Fsp3) is 0.444. The van der Waals surface area contributed by atoms with Crippen LogP contribution in [0.15, 0.2) is 18.2 Å². The first-order valence-corrected chi connectivity index (χ1v) is 8.48. The summed E-state index contributed by atoms with van der Waals surface area (Å²) in [5.74, 6) is -5.00. The fourth-order valence-corrected chi connectivity index (χ4v) is 3.54. The molecular weight excluding hydrogens is 346 g/mol. The zero-order valence-electron chi connectivity index (χ0n) is 14.2. The number of amides is 4. The Balaban J connectivity index is 1.78. The summed E-state index contributed by atoms with van der Waals surface area (Å²) in [4.78, 5) is 50.8. The number of carbonyl (C=O) groups is 4. The second-order valence-electron chi connectivity index (χ2n) is 6.73. The maximum atomic E-state index is 13.3. The Bertz CT molecular complexity index is 795. The van der Waals surface area contributed by atoms with E-state index in [1.165, 1.54) is 0 Å². The van der Waals surface area contributed by atoms with Gasteiger partial charge in [-0.2, -0.15) is 0 Å². The van der Waals surface area contributed by atoms with E-state index < -0.39 is 41.8 Å². The summed E-state index contributed by atoms with van der Waals surface area (Å²) in [6.07, 6.45) is 3.33. The normalized spacial score (nSPS) is 23.7. The van der Waals surface area contributed by atoms with E-state index >= 15 is 0 Å². The molecule has 0 bridgehead atoms. The predicted octanol–water partition coefficient (Wildman–Crippen LogP) is 2.52. The van der Waals surface area contributed by atoms with Crippen molar-refractivity contribution in [3.63, 3.8) is 0 Å². The fourth-order valence-electron chi connectivity index (χ4n) is 3.54. The number of ketones is 1. The molecule has 2 fully saturated rings. The molecule has 26 heavy (non-hydrogen) atoms. The Morgan fingerprint density at radius 3 is 2.42 bits per heavy atom. The number of urea groups is 1. The summed E-state index contributed by atoms with van der Waals surface area (Å²) in [7, 11) is 0. The lowest BCUT2D eigenvalue weighted by Crippen LogP contribution is -2.46. The van der Waals surface area contributed by atoms with Crippen molar-refractivity contribution in [2.24, 2.45) is 5.92 Å². The van der Waals surface area contributed by atoms with Crippen LogP contribution >= 0.6 is 0 Å². The maximum absolute atomic E-state index is 13.3. The Morgan fingerprint density at radius 1 is 1.08 bits per heavy atom. The summed E-state index contributed by atoms with van der Waals surface area (Å²) < 4.78 is 26.3. The van der Waals surface area contributed by atoms with Crippen molar-refractivity contribution in [1.82, 2.24) is 9.80 Å². The van der Waals surface area contributed by atoms with Crippen molar-refractivity contribution >= 4 is 23.6 Å². The molecule has 0 spiro atoms. The Kier molecular flexibility index (Phi) is 4.84. The van der Waals surface area contributed by atoms with Crippen LogP contribution in [0.1, 0.15) is 43.0 Å². The minimum Gasteiger partial charge on any atom is -0.292 e. The molecule has 1 saturated heterocycles. The van der Waals surface area contributed by atoms with Gasteiger partial charge in [-0.15, -0.1) is 0 Å². The molecule has 0 N–H and O–H groups in total.